The first-order valence-corrected chi connectivity index (χ1v) is 11.0. The Morgan fingerprint density at radius 2 is 2.22 bits per heavy atom. The second kappa shape index (κ2) is 6.53. The molecule has 8 heteroatoms. The quantitative estimate of drug-likeness (QED) is 0.665. The van der Waals surface area contributed by atoms with Crippen LogP contribution < -0.4 is 0 Å². The van der Waals surface area contributed by atoms with Gasteiger partial charge in [0.25, 0.3) is 0 Å². The maximum atomic E-state index is 13.2. The minimum Gasteiger partial charge on any atom is -0.338 e. The molecule has 0 radical (unpaired) electrons. The van der Waals surface area contributed by atoms with E-state index in [1.807, 2.05) is 34.9 Å². The molecule has 1 amide bonds. The fraction of sp³-hybridized carbons (Fsp3) is 0.474. The Morgan fingerprint density at radius 1 is 1.33 bits per heavy atom. The molecule has 0 saturated heterocycles. The highest BCUT2D eigenvalue weighted by molar-refractivity contribution is 7.16. The fourth-order valence-corrected chi connectivity index (χ4v) is 5.91. The van der Waals surface area contributed by atoms with E-state index in [4.69, 9.17) is 0 Å². The van der Waals surface area contributed by atoms with Gasteiger partial charge < -0.3 is 4.90 Å². The molecular formula is C19H21N5OS2. The van der Waals surface area contributed by atoms with Crippen LogP contribution in [0.15, 0.2) is 11.4 Å². The van der Waals surface area contributed by atoms with E-state index < -0.39 is 0 Å². The minimum absolute atomic E-state index is 0.0514. The molecule has 5 rings (SSSR count). The zero-order valence-corrected chi connectivity index (χ0v) is 17.1. The second-order valence-electron chi connectivity index (χ2n) is 7.37. The van der Waals surface area contributed by atoms with Crippen LogP contribution in [0.25, 0.3) is 10.6 Å². The van der Waals surface area contributed by atoms with Crippen LogP contribution in [0.2, 0.25) is 0 Å². The van der Waals surface area contributed by atoms with Gasteiger partial charge in [-0.2, -0.15) is 0 Å². The molecule has 2 aliphatic rings. The summed E-state index contributed by atoms with van der Waals surface area (Å²) in [6, 6.07) is 2.23. The van der Waals surface area contributed by atoms with E-state index in [1.54, 1.807) is 11.3 Å². The SMILES string of the molecule is Cc1nc(-c2cc3c(s2)CCN(C(=O)C2CCc4nnn(C)c4C2)C3)cs1. The van der Waals surface area contributed by atoms with Crippen molar-refractivity contribution in [3.63, 3.8) is 0 Å². The molecule has 1 aliphatic heterocycles. The number of aryl methyl sites for hydroxylation is 3. The van der Waals surface area contributed by atoms with Gasteiger partial charge in [0.1, 0.15) is 0 Å². The highest BCUT2D eigenvalue weighted by atomic mass is 32.1. The van der Waals surface area contributed by atoms with Crippen molar-refractivity contribution >= 4 is 28.6 Å². The highest BCUT2D eigenvalue weighted by Gasteiger charge is 2.32. The standard InChI is InChI=1S/C19H21N5OS2/c1-11-20-15(10-26-11)18-8-13-9-24(6-5-17(13)27-18)19(25)12-3-4-14-16(7-12)23(2)22-21-14/h8,10,12H,3-7,9H2,1-2H3. The summed E-state index contributed by atoms with van der Waals surface area (Å²) in [5.41, 5.74) is 4.54. The number of thiophene rings is 1. The molecule has 4 heterocycles. The van der Waals surface area contributed by atoms with Crippen LogP contribution in [0.3, 0.4) is 0 Å². The summed E-state index contributed by atoms with van der Waals surface area (Å²) >= 11 is 3.52. The Morgan fingerprint density at radius 3 is 3.04 bits per heavy atom. The molecule has 1 atom stereocenters. The average molecular weight is 400 g/mol. The summed E-state index contributed by atoms with van der Waals surface area (Å²) in [6.07, 6.45) is 3.43. The largest absolute Gasteiger partial charge is 0.338 e. The zero-order valence-electron chi connectivity index (χ0n) is 15.4. The maximum absolute atomic E-state index is 13.2. The van der Waals surface area contributed by atoms with Gasteiger partial charge in [-0.05, 0) is 37.8 Å². The Hall–Kier alpha value is -2.06. The first-order valence-electron chi connectivity index (χ1n) is 9.29. The van der Waals surface area contributed by atoms with Crippen LogP contribution in [-0.4, -0.2) is 37.3 Å². The van der Waals surface area contributed by atoms with Gasteiger partial charge in [-0.15, -0.1) is 27.8 Å². The van der Waals surface area contributed by atoms with E-state index in [9.17, 15) is 4.79 Å². The first-order chi connectivity index (χ1) is 13.1. The molecule has 0 bridgehead atoms. The number of rotatable bonds is 2. The number of carbonyl (C=O) groups is 1. The fourth-order valence-electron chi connectivity index (χ4n) is 4.10. The van der Waals surface area contributed by atoms with Crippen LogP contribution in [0, 0.1) is 12.8 Å². The molecule has 1 aliphatic carbocycles. The van der Waals surface area contributed by atoms with Gasteiger partial charge in [-0.3, -0.25) is 9.48 Å². The lowest BCUT2D eigenvalue weighted by Gasteiger charge is -2.31. The number of thiazole rings is 1. The van der Waals surface area contributed by atoms with E-state index >= 15 is 0 Å². The highest BCUT2D eigenvalue weighted by Crippen LogP contribution is 2.36. The smallest absolute Gasteiger partial charge is 0.226 e. The van der Waals surface area contributed by atoms with Crippen molar-refractivity contribution in [2.24, 2.45) is 13.0 Å². The summed E-state index contributed by atoms with van der Waals surface area (Å²) < 4.78 is 1.82. The van der Waals surface area contributed by atoms with Crippen molar-refractivity contribution in [3.8, 4) is 10.6 Å². The van der Waals surface area contributed by atoms with E-state index in [0.717, 1.165) is 60.9 Å². The lowest BCUT2D eigenvalue weighted by Crippen LogP contribution is -2.41. The van der Waals surface area contributed by atoms with Crippen LogP contribution >= 0.6 is 22.7 Å². The van der Waals surface area contributed by atoms with E-state index in [1.165, 1.54) is 15.3 Å². The number of carbonyl (C=O) groups excluding carboxylic acids is 1. The van der Waals surface area contributed by atoms with Gasteiger partial charge in [0.2, 0.25) is 5.91 Å². The van der Waals surface area contributed by atoms with Crippen LogP contribution in [0.1, 0.15) is 33.3 Å². The average Bonchev–Trinajstić information content (AvgIpc) is 3.38. The van der Waals surface area contributed by atoms with E-state index in [0.29, 0.717) is 0 Å². The van der Waals surface area contributed by atoms with Crippen molar-refractivity contribution < 1.29 is 4.79 Å². The molecule has 6 nitrogen and oxygen atoms in total. The topological polar surface area (TPSA) is 63.9 Å². The van der Waals surface area contributed by atoms with Gasteiger partial charge in [0.05, 0.1) is 27.0 Å². The molecule has 0 fully saturated rings. The maximum Gasteiger partial charge on any atom is 0.226 e. The minimum atomic E-state index is 0.0514. The number of nitrogens with zero attached hydrogens (tertiary/aromatic N) is 5. The van der Waals surface area contributed by atoms with Crippen molar-refractivity contribution in [2.75, 3.05) is 6.54 Å². The van der Waals surface area contributed by atoms with Crippen molar-refractivity contribution in [3.05, 3.63) is 38.3 Å². The first kappa shape index (κ1) is 17.1. The predicted molar refractivity (Wildman–Crippen MR) is 106 cm³/mol. The third-order valence-electron chi connectivity index (χ3n) is 5.59. The predicted octanol–water partition coefficient (Wildman–Crippen LogP) is 3.00. The third kappa shape index (κ3) is 3.00. The van der Waals surface area contributed by atoms with Crippen LogP contribution in [0.4, 0.5) is 0 Å². The summed E-state index contributed by atoms with van der Waals surface area (Å²) in [5.74, 6) is 0.334. The van der Waals surface area contributed by atoms with Crippen LogP contribution in [0.5, 0.6) is 0 Å². The zero-order chi connectivity index (χ0) is 18.5. The summed E-state index contributed by atoms with van der Waals surface area (Å²) in [7, 11) is 1.92. The molecule has 1 unspecified atom stereocenters. The Bertz CT molecular complexity index is 1020. The Kier molecular flexibility index (Phi) is 4.12. The molecular weight excluding hydrogens is 378 g/mol. The Balaban J connectivity index is 1.33. The number of amides is 1. The Labute approximate surface area is 165 Å². The molecule has 0 aromatic carbocycles. The molecule has 140 valence electrons. The van der Waals surface area contributed by atoms with Gasteiger partial charge >= 0.3 is 0 Å². The lowest BCUT2D eigenvalue weighted by atomic mass is 9.88. The summed E-state index contributed by atoms with van der Waals surface area (Å²) in [6.45, 7) is 3.57. The van der Waals surface area contributed by atoms with E-state index in [2.05, 4.69) is 26.7 Å². The van der Waals surface area contributed by atoms with Gasteiger partial charge in [-0.1, -0.05) is 5.21 Å². The number of hydrogen-bond acceptors (Lipinski definition) is 6. The molecule has 0 spiro atoms. The number of fused-ring (bicyclic) bond motifs is 2. The summed E-state index contributed by atoms with van der Waals surface area (Å²) in [5, 5.41) is 11.5. The lowest BCUT2D eigenvalue weighted by molar-refractivity contribution is -0.136. The number of aromatic nitrogens is 4. The normalized spacial score (nSPS) is 19.0. The molecule has 27 heavy (non-hydrogen) atoms. The van der Waals surface area contributed by atoms with Crippen LogP contribution in [-0.2, 0) is 37.6 Å². The molecule has 0 saturated carbocycles. The molecule has 3 aromatic heterocycles. The van der Waals surface area contributed by atoms with Gasteiger partial charge in [0.15, 0.2) is 0 Å². The van der Waals surface area contributed by atoms with Gasteiger partial charge in [-0.25, -0.2) is 4.98 Å². The van der Waals surface area contributed by atoms with Crippen molar-refractivity contribution in [2.45, 2.75) is 39.2 Å². The number of hydrogen-bond donors (Lipinski definition) is 0. The van der Waals surface area contributed by atoms with Crippen molar-refractivity contribution in [1.29, 1.82) is 0 Å². The monoisotopic (exact) mass is 399 g/mol. The van der Waals surface area contributed by atoms with Crippen molar-refractivity contribution in [1.82, 2.24) is 24.9 Å². The van der Waals surface area contributed by atoms with Gasteiger partial charge in [0, 0.05) is 42.7 Å². The molecule has 0 N–H and O–H groups in total. The summed E-state index contributed by atoms with van der Waals surface area (Å²) in [4.78, 5) is 22.4. The third-order valence-corrected chi connectivity index (χ3v) is 7.62. The van der Waals surface area contributed by atoms with E-state index in [-0.39, 0.29) is 11.8 Å². The molecule has 3 aromatic rings. The second-order valence-corrected chi connectivity index (χ2v) is 9.57.